The molecule has 0 radical (unpaired) electrons. The minimum Gasteiger partial charge on any atom is -0.365 e. The van der Waals surface area contributed by atoms with Gasteiger partial charge in [0, 0.05) is 16.9 Å². The molecule has 5 heteroatoms. The van der Waals surface area contributed by atoms with E-state index in [1.54, 1.807) is 12.1 Å². The molecular formula is C23H24N2O2S. The van der Waals surface area contributed by atoms with Crippen LogP contribution in [0.15, 0.2) is 54.6 Å². The summed E-state index contributed by atoms with van der Waals surface area (Å²) in [6, 6.07) is 17.5. The lowest BCUT2D eigenvalue weighted by Crippen LogP contribution is -2.17. The van der Waals surface area contributed by atoms with Gasteiger partial charge in [0.05, 0.1) is 5.56 Å². The molecule has 1 aromatic heterocycles. The molecule has 2 amide bonds. The van der Waals surface area contributed by atoms with Gasteiger partial charge in [0.2, 0.25) is 0 Å². The number of anilines is 1. The molecule has 0 bridgehead atoms. The molecule has 3 N–H and O–H groups in total. The maximum Gasteiger partial charge on any atom is 0.256 e. The Labute approximate surface area is 169 Å². The van der Waals surface area contributed by atoms with Gasteiger partial charge in [-0.1, -0.05) is 56.3 Å². The number of rotatable bonds is 6. The van der Waals surface area contributed by atoms with Gasteiger partial charge in [-0.25, -0.2) is 0 Å². The van der Waals surface area contributed by atoms with Crippen molar-refractivity contribution in [1.82, 2.24) is 0 Å². The van der Waals surface area contributed by atoms with E-state index in [0.29, 0.717) is 28.5 Å². The van der Waals surface area contributed by atoms with E-state index in [9.17, 15) is 9.59 Å². The van der Waals surface area contributed by atoms with Crippen molar-refractivity contribution in [3.8, 4) is 0 Å². The van der Waals surface area contributed by atoms with E-state index in [1.165, 1.54) is 16.9 Å². The number of carbonyl (C=O) groups is 2. The van der Waals surface area contributed by atoms with Crippen molar-refractivity contribution in [3.05, 3.63) is 87.3 Å². The molecule has 0 saturated carbocycles. The molecule has 144 valence electrons. The topological polar surface area (TPSA) is 72.2 Å². The van der Waals surface area contributed by atoms with Crippen LogP contribution in [0, 0.1) is 6.92 Å². The van der Waals surface area contributed by atoms with Gasteiger partial charge in [-0.15, -0.1) is 11.3 Å². The Hall–Kier alpha value is -2.92. The molecule has 3 rings (SSSR count). The number of amides is 2. The second kappa shape index (κ2) is 8.40. The fraction of sp³-hybridized carbons (Fsp3) is 0.217. The van der Waals surface area contributed by atoms with Crippen LogP contribution in [0.25, 0.3) is 0 Å². The monoisotopic (exact) mass is 392 g/mol. The van der Waals surface area contributed by atoms with E-state index >= 15 is 0 Å². The number of nitrogens with one attached hydrogen (secondary N) is 1. The Morgan fingerprint density at radius 2 is 1.68 bits per heavy atom. The summed E-state index contributed by atoms with van der Waals surface area (Å²) in [5.74, 6) is -0.372. The van der Waals surface area contributed by atoms with Gasteiger partial charge >= 0.3 is 0 Å². The lowest BCUT2D eigenvalue weighted by molar-refractivity contribution is 0.100. The average molecular weight is 393 g/mol. The van der Waals surface area contributed by atoms with E-state index in [-0.39, 0.29) is 5.91 Å². The lowest BCUT2D eigenvalue weighted by Gasteiger charge is -2.08. The second-order valence-corrected chi connectivity index (χ2v) is 8.22. The van der Waals surface area contributed by atoms with Gasteiger partial charge in [-0.3, -0.25) is 9.59 Å². The Morgan fingerprint density at radius 3 is 2.25 bits per heavy atom. The first-order valence-corrected chi connectivity index (χ1v) is 10.1. The number of primary amides is 1. The Morgan fingerprint density at radius 1 is 1.04 bits per heavy atom. The molecule has 28 heavy (non-hydrogen) atoms. The van der Waals surface area contributed by atoms with Crippen LogP contribution in [0.2, 0.25) is 0 Å². The van der Waals surface area contributed by atoms with Crippen molar-refractivity contribution >= 4 is 28.2 Å². The van der Waals surface area contributed by atoms with E-state index in [1.807, 2.05) is 49.4 Å². The molecular weight excluding hydrogens is 368 g/mol. The minimum absolute atomic E-state index is 0.245. The normalized spacial score (nSPS) is 10.9. The van der Waals surface area contributed by atoms with Crippen LogP contribution in [-0.4, -0.2) is 11.8 Å². The summed E-state index contributed by atoms with van der Waals surface area (Å²) in [7, 11) is 0. The summed E-state index contributed by atoms with van der Waals surface area (Å²) in [4.78, 5) is 25.7. The summed E-state index contributed by atoms with van der Waals surface area (Å²) in [5.41, 5.74) is 9.69. The molecule has 0 aliphatic heterocycles. The van der Waals surface area contributed by atoms with Crippen molar-refractivity contribution in [3.63, 3.8) is 0 Å². The van der Waals surface area contributed by atoms with Crippen molar-refractivity contribution < 1.29 is 9.59 Å². The fourth-order valence-electron chi connectivity index (χ4n) is 3.09. The summed E-state index contributed by atoms with van der Waals surface area (Å²) < 4.78 is 0. The van der Waals surface area contributed by atoms with Crippen molar-refractivity contribution in [2.45, 2.75) is 33.1 Å². The van der Waals surface area contributed by atoms with Crippen LogP contribution in [0.4, 0.5) is 5.00 Å². The third kappa shape index (κ3) is 4.31. The Balaban J connectivity index is 1.87. The molecule has 4 nitrogen and oxygen atoms in total. The smallest absolute Gasteiger partial charge is 0.256 e. The van der Waals surface area contributed by atoms with E-state index in [0.717, 1.165) is 16.0 Å². The van der Waals surface area contributed by atoms with E-state index < -0.39 is 5.91 Å². The van der Waals surface area contributed by atoms with Crippen LogP contribution >= 0.6 is 11.3 Å². The molecule has 0 saturated heterocycles. The average Bonchev–Trinajstić information content (AvgIpc) is 2.97. The van der Waals surface area contributed by atoms with Crippen LogP contribution in [0.3, 0.4) is 0 Å². The van der Waals surface area contributed by atoms with Gasteiger partial charge < -0.3 is 11.1 Å². The highest BCUT2D eigenvalue weighted by molar-refractivity contribution is 7.17. The summed E-state index contributed by atoms with van der Waals surface area (Å²) in [6.45, 7) is 6.09. The molecule has 0 aliphatic carbocycles. The van der Waals surface area contributed by atoms with E-state index in [4.69, 9.17) is 5.73 Å². The SMILES string of the molecule is Cc1c(Cc2ccccc2)sc(NC(=O)c2ccc(C(C)C)cc2)c1C(N)=O. The number of carbonyl (C=O) groups excluding carboxylic acids is 2. The summed E-state index contributed by atoms with van der Waals surface area (Å²) in [6.07, 6.45) is 0.691. The zero-order valence-electron chi connectivity index (χ0n) is 16.3. The van der Waals surface area contributed by atoms with Crippen molar-refractivity contribution in [2.24, 2.45) is 5.73 Å². The molecule has 0 unspecified atom stereocenters. The summed E-state index contributed by atoms with van der Waals surface area (Å²) in [5, 5.41) is 3.39. The van der Waals surface area contributed by atoms with E-state index in [2.05, 4.69) is 19.2 Å². The highest BCUT2D eigenvalue weighted by Crippen LogP contribution is 2.34. The molecule has 0 atom stereocenters. The minimum atomic E-state index is -0.529. The maximum atomic E-state index is 12.7. The third-order valence-corrected chi connectivity index (χ3v) is 5.97. The zero-order chi connectivity index (χ0) is 20.3. The second-order valence-electron chi connectivity index (χ2n) is 7.11. The highest BCUT2D eigenvalue weighted by atomic mass is 32.1. The first-order chi connectivity index (χ1) is 13.4. The maximum absolute atomic E-state index is 12.7. The number of nitrogens with two attached hydrogens (primary N) is 1. The quantitative estimate of drug-likeness (QED) is 0.611. The van der Waals surface area contributed by atoms with Crippen LogP contribution < -0.4 is 11.1 Å². The van der Waals surface area contributed by atoms with Crippen molar-refractivity contribution in [2.75, 3.05) is 5.32 Å². The largest absolute Gasteiger partial charge is 0.365 e. The number of thiophene rings is 1. The Bertz CT molecular complexity index is 989. The molecule has 0 spiro atoms. The number of hydrogen-bond acceptors (Lipinski definition) is 3. The summed E-state index contributed by atoms with van der Waals surface area (Å²) >= 11 is 1.41. The van der Waals surface area contributed by atoms with Gasteiger partial charge in [0.15, 0.2) is 0 Å². The predicted octanol–water partition coefficient (Wildman–Crippen LogP) is 5.12. The zero-order valence-corrected chi connectivity index (χ0v) is 17.1. The van der Waals surface area contributed by atoms with Crippen LogP contribution in [0.5, 0.6) is 0 Å². The highest BCUT2D eigenvalue weighted by Gasteiger charge is 2.21. The molecule has 1 heterocycles. The third-order valence-electron chi connectivity index (χ3n) is 4.77. The fourth-order valence-corrected chi connectivity index (χ4v) is 4.33. The van der Waals surface area contributed by atoms with Gasteiger partial charge in [0.1, 0.15) is 5.00 Å². The number of hydrogen-bond donors (Lipinski definition) is 2. The lowest BCUT2D eigenvalue weighted by atomic mass is 10.0. The van der Waals surface area contributed by atoms with Gasteiger partial charge in [0.25, 0.3) is 11.8 Å². The van der Waals surface area contributed by atoms with Crippen LogP contribution in [-0.2, 0) is 6.42 Å². The van der Waals surface area contributed by atoms with Crippen molar-refractivity contribution in [1.29, 1.82) is 0 Å². The Kier molecular flexibility index (Phi) is 5.95. The number of benzene rings is 2. The predicted molar refractivity (Wildman–Crippen MR) is 115 cm³/mol. The first kappa shape index (κ1) is 19.8. The van der Waals surface area contributed by atoms with Gasteiger partial charge in [-0.05, 0) is 41.7 Å². The standard InChI is InChI=1S/C23H24N2O2S/c1-14(2)17-9-11-18(12-10-17)22(27)25-23-20(21(24)26)15(3)19(28-23)13-16-7-5-4-6-8-16/h4-12,14H,13H2,1-3H3,(H2,24,26)(H,25,27). The molecule has 0 aliphatic rings. The molecule has 0 fully saturated rings. The van der Waals surface area contributed by atoms with Crippen LogP contribution in [0.1, 0.15) is 62.0 Å². The first-order valence-electron chi connectivity index (χ1n) is 9.24. The molecule has 3 aromatic rings. The molecule has 2 aromatic carbocycles. The van der Waals surface area contributed by atoms with Gasteiger partial charge in [-0.2, -0.15) is 0 Å².